The van der Waals surface area contributed by atoms with Gasteiger partial charge in [0.2, 0.25) is 5.91 Å². The molecule has 1 amide bonds. The molecule has 0 saturated carbocycles. The van der Waals surface area contributed by atoms with Crippen molar-refractivity contribution in [3.05, 3.63) is 24.3 Å². The number of hydrogen-bond donors (Lipinski definition) is 1. The van der Waals surface area contributed by atoms with Gasteiger partial charge in [-0.05, 0) is 27.7 Å². The number of aryl methyl sites for hydroxylation is 2. The van der Waals surface area contributed by atoms with E-state index in [1.165, 1.54) is 0 Å². The third kappa shape index (κ3) is 2.71. The number of fused-ring (bicyclic) bond motifs is 1. The lowest BCUT2D eigenvalue weighted by Crippen LogP contribution is -2.24. The highest BCUT2D eigenvalue weighted by Crippen LogP contribution is 2.19. The number of amides is 1. The van der Waals surface area contributed by atoms with Crippen LogP contribution in [0.4, 0.5) is 5.69 Å². The summed E-state index contributed by atoms with van der Waals surface area (Å²) in [6, 6.07) is -0.172. The Morgan fingerprint density at radius 2 is 1.91 bits per heavy atom. The first-order valence-corrected chi connectivity index (χ1v) is 7.60. The number of nitrogens with one attached hydrogen (secondary N) is 1. The lowest BCUT2D eigenvalue weighted by molar-refractivity contribution is -0.119. The Labute approximate surface area is 134 Å². The van der Waals surface area contributed by atoms with Crippen LogP contribution < -0.4 is 5.32 Å². The molecule has 0 bridgehead atoms. The summed E-state index contributed by atoms with van der Waals surface area (Å²) in [6.07, 6.45) is 5.32. The Kier molecular flexibility index (Phi) is 3.67. The molecular formula is C15H21N7O. The predicted molar refractivity (Wildman–Crippen MR) is 87.2 cm³/mol. The van der Waals surface area contributed by atoms with E-state index in [4.69, 9.17) is 0 Å². The molecule has 3 heterocycles. The van der Waals surface area contributed by atoms with Gasteiger partial charge in [-0.25, -0.2) is 0 Å². The van der Waals surface area contributed by atoms with E-state index in [-0.39, 0.29) is 11.9 Å². The molecule has 0 aliphatic rings. The van der Waals surface area contributed by atoms with Gasteiger partial charge in [0.1, 0.15) is 17.1 Å². The van der Waals surface area contributed by atoms with Crippen LogP contribution in [-0.2, 0) is 11.8 Å². The fourth-order valence-electron chi connectivity index (χ4n) is 2.45. The molecule has 0 radical (unpaired) electrons. The number of carbonyl (C=O) groups is 1. The summed E-state index contributed by atoms with van der Waals surface area (Å²) in [7, 11) is 1.87. The molecule has 3 aromatic heterocycles. The van der Waals surface area contributed by atoms with Crippen molar-refractivity contribution >= 4 is 22.6 Å². The minimum atomic E-state index is -0.427. The lowest BCUT2D eigenvalue weighted by Gasteiger charge is -2.11. The van der Waals surface area contributed by atoms with Crippen LogP contribution in [0.1, 0.15) is 38.5 Å². The van der Waals surface area contributed by atoms with Gasteiger partial charge in [0.25, 0.3) is 0 Å². The summed E-state index contributed by atoms with van der Waals surface area (Å²) >= 11 is 0. The molecule has 8 heteroatoms. The molecule has 0 unspecified atom stereocenters. The molecular weight excluding hydrogens is 294 g/mol. The topological polar surface area (TPSA) is 82.6 Å². The lowest BCUT2D eigenvalue weighted by atomic mass is 10.3. The Morgan fingerprint density at radius 3 is 2.52 bits per heavy atom. The summed E-state index contributed by atoms with van der Waals surface area (Å²) in [5, 5.41) is 15.9. The van der Waals surface area contributed by atoms with Gasteiger partial charge in [-0.2, -0.15) is 15.3 Å². The standard InChI is InChI=1S/C15H21N7O/c1-9(2)21-7-12(6-16-21)17-15(23)11(4)22-8-13-14(19-22)10(3)18-20(13)5/h6-9,11H,1-5H3,(H,17,23)/t11-/m0/s1. The number of rotatable bonds is 4. The maximum atomic E-state index is 12.4. The second-order valence-corrected chi connectivity index (χ2v) is 6.02. The number of carbonyl (C=O) groups excluding carboxylic acids is 1. The quantitative estimate of drug-likeness (QED) is 0.799. The molecule has 3 rings (SSSR count). The summed E-state index contributed by atoms with van der Waals surface area (Å²) in [4.78, 5) is 12.4. The molecule has 0 aliphatic heterocycles. The van der Waals surface area contributed by atoms with Crippen LogP contribution in [0.25, 0.3) is 11.0 Å². The summed E-state index contributed by atoms with van der Waals surface area (Å²) in [6.45, 7) is 7.79. The largest absolute Gasteiger partial charge is 0.322 e. The monoisotopic (exact) mass is 315 g/mol. The molecule has 0 saturated heterocycles. The van der Waals surface area contributed by atoms with Gasteiger partial charge in [0.05, 0.1) is 23.8 Å². The van der Waals surface area contributed by atoms with Crippen molar-refractivity contribution in [1.29, 1.82) is 0 Å². The fraction of sp³-hybridized carbons (Fsp3) is 0.467. The van der Waals surface area contributed by atoms with Crippen LogP contribution >= 0.6 is 0 Å². The Morgan fingerprint density at radius 1 is 1.17 bits per heavy atom. The highest BCUT2D eigenvalue weighted by atomic mass is 16.2. The molecule has 122 valence electrons. The summed E-state index contributed by atoms with van der Waals surface area (Å²) in [5.74, 6) is -0.133. The Hall–Kier alpha value is -2.64. The minimum absolute atomic E-state index is 0.133. The van der Waals surface area contributed by atoms with Crippen molar-refractivity contribution in [3.8, 4) is 0 Å². The second-order valence-electron chi connectivity index (χ2n) is 6.02. The number of aromatic nitrogens is 6. The van der Waals surface area contributed by atoms with Gasteiger partial charge in [-0.15, -0.1) is 0 Å². The predicted octanol–water partition coefficient (Wildman–Crippen LogP) is 2.06. The molecule has 1 N–H and O–H groups in total. The van der Waals surface area contributed by atoms with Crippen LogP contribution in [0.15, 0.2) is 18.6 Å². The van der Waals surface area contributed by atoms with Crippen molar-refractivity contribution in [1.82, 2.24) is 29.3 Å². The van der Waals surface area contributed by atoms with E-state index in [1.807, 2.05) is 47.1 Å². The van der Waals surface area contributed by atoms with E-state index in [2.05, 4.69) is 20.6 Å². The molecule has 1 atom stereocenters. The third-order valence-electron chi connectivity index (χ3n) is 3.88. The van der Waals surface area contributed by atoms with Crippen molar-refractivity contribution in [2.45, 2.75) is 39.8 Å². The van der Waals surface area contributed by atoms with Crippen molar-refractivity contribution < 1.29 is 4.79 Å². The molecule has 0 fully saturated rings. The third-order valence-corrected chi connectivity index (χ3v) is 3.88. The van der Waals surface area contributed by atoms with E-state index in [0.29, 0.717) is 5.69 Å². The minimum Gasteiger partial charge on any atom is -0.322 e. The van der Waals surface area contributed by atoms with Crippen molar-refractivity contribution in [2.24, 2.45) is 7.05 Å². The molecule has 8 nitrogen and oxygen atoms in total. The first kappa shape index (κ1) is 15.3. The van der Waals surface area contributed by atoms with Crippen molar-refractivity contribution in [3.63, 3.8) is 0 Å². The zero-order valence-electron chi connectivity index (χ0n) is 14.0. The maximum absolute atomic E-state index is 12.4. The molecule has 0 aliphatic carbocycles. The normalized spacial score (nSPS) is 13.0. The first-order chi connectivity index (χ1) is 10.9. The highest BCUT2D eigenvalue weighted by molar-refractivity contribution is 5.93. The van der Waals surface area contributed by atoms with E-state index in [1.54, 1.807) is 20.2 Å². The van der Waals surface area contributed by atoms with E-state index in [9.17, 15) is 4.79 Å². The molecule has 0 spiro atoms. The smallest absolute Gasteiger partial charge is 0.249 e. The summed E-state index contributed by atoms with van der Waals surface area (Å²) in [5.41, 5.74) is 3.27. The average molecular weight is 315 g/mol. The van der Waals surface area contributed by atoms with Gasteiger partial charge in [-0.1, -0.05) is 0 Å². The highest BCUT2D eigenvalue weighted by Gasteiger charge is 2.19. The van der Waals surface area contributed by atoms with Crippen LogP contribution in [0.3, 0.4) is 0 Å². The Balaban J connectivity index is 1.78. The van der Waals surface area contributed by atoms with Gasteiger partial charge in [0.15, 0.2) is 0 Å². The van der Waals surface area contributed by atoms with Gasteiger partial charge < -0.3 is 5.32 Å². The van der Waals surface area contributed by atoms with Gasteiger partial charge in [-0.3, -0.25) is 18.8 Å². The van der Waals surface area contributed by atoms with Crippen LogP contribution in [0, 0.1) is 6.92 Å². The van der Waals surface area contributed by atoms with Gasteiger partial charge in [0, 0.05) is 19.3 Å². The summed E-state index contributed by atoms with van der Waals surface area (Å²) < 4.78 is 5.24. The zero-order chi connectivity index (χ0) is 16.7. The number of hydrogen-bond acceptors (Lipinski definition) is 4. The fourth-order valence-corrected chi connectivity index (χ4v) is 2.45. The maximum Gasteiger partial charge on any atom is 0.249 e. The zero-order valence-corrected chi connectivity index (χ0v) is 14.0. The molecule has 23 heavy (non-hydrogen) atoms. The van der Waals surface area contributed by atoms with E-state index < -0.39 is 6.04 Å². The van der Waals surface area contributed by atoms with Crippen molar-refractivity contribution in [2.75, 3.05) is 5.32 Å². The first-order valence-electron chi connectivity index (χ1n) is 7.60. The van der Waals surface area contributed by atoms with E-state index in [0.717, 1.165) is 16.7 Å². The van der Waals surface area contributed by atoms with Crippen LogP contribution in [0.5, 0.6) is 0 Å². The van der Waals surface area contributed by atoms with Crippen LogP contribution in [0.2, 0.25) is 0 Å². The number of nitrogens with zero attached hydrogens (tertiary/aromatic N) is 6. The average Bonchev–Trinajstić information content (AvgIpc) is 3.17. The van der Waals surface area contributed by atoms with Gasteiger partial charge >= 0.3 is 0 Å². The van der Waals surface area contributed by atoms with E-state index >= 15 is 0 Å². The van der Waals surface area contributed by atoms with Crippen LogP contribution in [-0.4, -0.2) is 35.2 Å². The number of anilines is 1. The molecule has 0 aromatic carbocycles. The molecule has 3 aromatic rings. The Bertz CT molecular complexity index is 820. The SMILES string of the molecule is Cc1nn(C)c2cn([C@@H](C)C(=O)Nc3cnn(C(C)C)c3)nc12. The second kappa shape index (κ2) is 5.53.